The van der Waals surface area contributed by atoms with Gasteiger partial charge in [0.2, 0.25) is 5.91 Å². The topological polar surface area (TPSA) is 73.8 Å². The molecule has 3 rings (SSSR count). The maximum atomic E-state index is 12.9. The molecule has 1 amide bonds. The molecule has 0 radical (unpaired) electrons. The van der Waals surface area contributed by atoms with Crippen LogP contribution in [0.25, 0.3) is 0 Å². The minimum atomic E-state index is -3.45. The van der Waals surface area contributed by atoms with Crippen LogP contribution in [0.2, 0.25) is 0 Å². The van der Waals surface area contributed by atoms with Crippen LogP contribution in [0, 0.1) is 0 Å². The van der Waals surface area contributed by atoms with E-state index in [1.165, 1.54) is 10.7 Å². The fraction of sp³-hybridized carbons (Fsp3) is 0.684. The number of amides is 1. The molecule has 156 valence electrons. The van der Waals surface area contributed by atoms with Gasteiger partial charge in [-0.25, -0.2) is 0 Å². The van der Waals surface area contributed by atoms with Crippen LogP contribution in [0.5, 0.6) is 0 Å². The fourth-order valence-electron chi connectivity index (χ4n) is 3.80. The summed E-state index contributed by atoms with van der Waals surface area (Å²) in [5, 5.41) is 0. The third kappa shape index (κ3) is 5.46. The predicted octanol–water partition coefficient (Wildman–Crippen LogP) is 1.97. The number of carbonyl (C=O) groups excluding carboxylic acids is 1. The number of carbonyl (C=O) groups is 1. The Balaban J connectivity index is 1.44. The first-order chi connectivity index (χ1) is 13.5. The van der Waals surface area contributed by atoms with E-state index < -0.39 is 10.2 Å². The highest BCUT2D eigenvalue weighted by atomic mass is 32.2. The van der Waals surface area contributed by atoms with E-state index in [1.54, 1.807) is 34.2 Å². The Labute approximate surface area is 172 Å². The SMILES string of the molecule is CN(C1CCCCC1)S(=O)(=O)N1CCN(C(=O)CSCc2ccccn2)CC1. The molecule has 2 fully saturated rings. The van der Waals surface area contributed by atoms with E-state index in [4.69, 9.17) is 0 Å². The van der Waals surface area contributed by atoms with Gasteiger partial charge in [0.05, 0.1) is 11.4 Å². The first-order valence-corrected chi connectivity index (χ1v) is 12.5. The van der Waals surface area contributed by atoms with Crippen molar-refractivity contribution in [3.8, 4) is 0 Å². The van der Waals surface area contributed by atoms with Crippen molar-refractivity contribution in [3.05, 3.63) is 30.1 Å². The molecule has 7 nitrogen and oxygen atoms in total. The number of thioether (sulfide) groups is 1. The lowest BCUT2D eigenvalue weighted by molar-refractivity contribution is -0.129. The summed E-state index contributed by atoms with van der Waals surface area (Å²) in [6.45, 7) is 1.66. The average molecular weight is 427 g/mol. The molecule has 0 unspecified atom stereocenters. The van der Waals surface area contributed by atoms with Crippen LogP contribution in [-0.4, -0.2) is 77.8 Å². The lowest BCUT2D eigenvalue weighted by Crippen LogP contribution is -2.55. The molecule has 28 heavy (non-hydrogen) atoms. The van der Waals surface area contributed by atoms with Gasteiger partial charge < -0.3 is 4.90 Å². The Kier molecular flexibility index (Phi) is 7.73. The van der Waals surface area contributed by atoms with E-state index >= 15 is 0 Å². The van der Waals surface area contributed by atoms with Crippen molar-refractivity contribution in [2.75, 3.05) is 39.0 Å². The maximum absolute atomic E-state index is 12.9. The van der Waals surface area contributed by atoms with Gasteiger partial charge in [-0.05, 0) is 25.0 Å². The molecular formula is C19H30N4O3S2. The van der Waals surface area contributed by atoms with Crippen molar-refractivity contribution in [3.63, 3.8) is 0 Å². The van der Waals surface area contributed by atoms with Gasteiger partial charge in [0.25, 0.3) is 10.2 Å². The third-order valence-electron chi connectivity index (χ3n) is 5.57. The highest BCUT2D eigenvalue weighted by Gasteiger charge is 2.35. The van der Waals surface area contributed by atoms with Crippen molar-refractivity contribution in [2.24, 2.45) is 0 Å². The van der Waals surface area contributed by atoms with Crippen LogP contribution >= 0.6 is 11.8 Å². The van der Waals surface area contributed by atoms with Crippen molar-refractivity contribution in [2.45, 2.75) is 43.9 Å². The Hall–Kier alpha value is -1.16. The molecule has 0 aromatic carbocycles. The predicted molar refractivity (Wildman–Crippen MR) is 112 cm³/mol. The second-order valence-electron chi connectivity index (χ2n) is 7.41. The highest BCUT2D eigenvalue weighted by molar-refractivity contribution is 7.99. The molecule has 1 aromatic heterocycles. The first-order valence-electron chi connectivity index (χ1n) is 9.97. The minimum absolute atomic E-state index is 0.0682. The van der Waals surface area contributed by atoms with Crippen LogP contribution in [-0.2, 0) is 20.8 Å². The van der Waals surface area contributed by atoms with Crippen LogP contribution in [0.1, 0.15) is 37.8 Å². The Morgan fingerprint density at radius 1 is 1.18 bits per heavy atom. The van der Waals surface area contributed by atoms with Crippen LogP contribution in [0.15, 0.2) is 24.4 Å². The van der Waals surface area contributed by atoms with E-state index in [1.807, 2.05) is 18.2 Å². The maximum Gasteiger partial charge on any atom is 0.282 e. The van der Waals surface area contributed by atoms with Gasteiger partial charge in [0, 0.05) is 51.2 Å². The van der Waals surface area contributed by atoms with Crippen LogP contribution in [0.4, 0.5) is 0 Å². The summed E-state index contributed by atoms with van der Waals surface area (Å²) in [5.74, 6) is 1.16. The van der Waals surface area contributed by atoms with Gasteiger partial charge in [-0.15, -0.1) is 11.8 Å². The van der Waals surface area contributed by atoms with Crippen molar-refractivity contribution < 1.29 is 13.2 Å². The molecule has 0 bridgehead atoms. The molecule has 1 aromatic rings. The van der Waals surface area contributed by atoms with Gasteiger partial charge >= 0.3 is 0 Å². The number of pyridine rings is 1. The molecule has 1 saturated heterocycles. The molecule has 0 spiro atoms. The van der Waals surface area contributed by atoms with Gasteiger partial charge in [0.1, 0.15) is 0 Å². The molecule has 0 atom stereocenters. The van der Waals surface area contributed by atoms with Crippen LogP contribution in [0.3, 0.4) is 0 Å². The fourth-order valence-corrected chi connectivity index (χ4v) is 6.22. The number of aromatic nitrogens is 1. The molecule has 9 heteroatoms. The Morgan fingerprint density at radius 2 is 1.89 bits per heavy atom. The van der Waals surface area contributed by atoms with Gasteiger partial charge in [-0.3, -0.25) is 9.78 Å². The largest absolute Gasteiger partial charge is 0.339 e. The zero-order chi connectivity index (χ0) is 20.0. The number of hydrogen-bond acceptors (Lipinski definition) is 5. The standard InChI is InChI=1S/C19H30N4O3S2/c1-21(18-8-3-2-4-9-18)28(25,26)23-13-11-22(12-14-23)19(24)16-27-15-17-7-5-6-10-20-17/h5-7,10,18H,2-4,8-9,11-16H2,1H3. The second kappa shape index (κ2) is 10.0. The third-order valence-corrected chi connectivity index (χ3v) is 8.57. The normalized spacial score (nSPS) is 19.9. The zero-order valence-electron chi connectivity index (χ0n) is 16.5. The van der Waals surface area contributed by atoms with Gasteiger partial charge in [0.15, 0.2) is 0 Å². The number of nitrogens with zero attached hydrogens (tertiary/aromatic N) is 4. The smallest absolute Gasteiger partial charge is 0.282 e. The average Bonchev–Trinajstić information content (AvgIpc) is 2.74. The zero-order valence-corrected chi connectivity index (χ0v) is 18.1. The monoisotopic (exact) mass is 426 g/mol. The summed E-state index contributed by atoms with van der Waals surface area (Å²) in [6.07, 6.45) is 7.04. The summed E-state index contributed by atoms with van der Waals surface area (Å²) in [6, 6.07) is 5.87. The Bertz CT molecular complexity index is 731. The van der Waals surface area contributed by atoms with Crippen molar-refractivity contribution in [1.82, 2.24) is 18.5 Å². The minimum Gasteiger partial charge on any atom is -0.339 e. The molecular weight excluding hydrogens is 396 g/mol. The van der Waals surface area contributed by atoms with E-state index in [0.29, 0.717) is 37.7 Å². The number of piperazine rings is 1. The lowest BCUT2D eigenvalue weighted by Gasteiger charge is -2.38. The van der Waals surface area contributed by atoms with E-state index in [2.05, 4.69) is 4.98 Å². The second-order valence-corrected chi connectivity index (χ2v) is 10.4. The van der Waals surface area contributed by atoms with E-state index in [-0.39, 0.29) is 11.9 Å². The molecule has 1 aliphatic heterocycles. The quantitative estimate of drug-likeness (QED) is 0.666. The summed E-state index contributed by atoms with van der Waals surface area (Å²) >= 11 is 1.54. The first kappa shape index (κ1) is 21.5. The molecule has 1 saturated carbocycles. The van der Waals surface area contributed by atoms with Gasteiger partial charge in [-0.2, -0.15) is 17.0 Å². The number of rotatable bonds is 7. The number of hydrogen-bond donors (Lipinski definition) is 0. The van der Waals surface area contributed by atoms with Gasteiger partial charge in [-0.1, -0.05) is 25.3 Å². The summed E-state index contributed by atoms with van der Waals surface area (Å²) in [7, 11) is -1.74. The highest BCUT2D eigenvalue weighted by Crippen LogP contribution is 2.25. The lowest BCUT2D eigenvalue weighted by atomic mass is 9.96. The Morgan fingerprint density at radius 3 is 2.54 bits per heavy atom. The summed E-state index contributed by atoms with van der Waals surface area (Å²) in [4.78, 5) is 18.5. The summed E-state index contributed by atoms with van der Waals surface area (Å²) in [5.41, 5.74) is 0.960. The molecule has 2 heterocycles. The summed E-state index contributed by atoms with van der Waals surface area (Å²) < 4.78 is 29.0. The molecule has 1 aliphatic carbocycles. The molecule has 0 N–H and O–H groups in total. The van der Waals surface area contributed by atoms with E-state index in [9.17, 15) is 13.2 Å². The van der Waals surface area contributed by atoms with Crippen LogP contribution < -0.4 is 0 Å². The molecule has 2 aliphatic rings. The van der Waals surface area contributed by atoms with Crippen molar-refractivity contribution in [1.29, 1.82) is 0 Å². The van der Waals surface area contributed by atoms with Crippen molar-refractivity contribution >= 4 is 27.9 Å². The van der Waals surface area contributed by atoms with E-state index in [0.717, 1.165) is 31.4 Å².